The lowest BCUT2D eigenvalue weighted by Crippen LogP contribution is -2.36. The summed E-state index contributed by atoms with van der Waals surface area (Å²) in [4.78, 5) is 18.8. The van der Waals surface area contributed by atoms with Gasteiger partial charge in [0, 0.05) is 18.5 Å². The number of carbonyl (C=O) groups is 1. The molecule has 0 radical (unpaired) electrons. The summed E-state index contributed by atoms with van der Waals surface area (Å²) in [5, 5.41) is 0.904. The Balaban J connectivity index is 2.44. The number of nitrogen functional groups attached to an aromatic ring is 1. The summed E-state index contributed by atoms with van der Waals surface area (Å²) < 4.78 is 0. The summed E-state index contributed by atoms with van der Waals surface area (Å²) >= 11 is 0. The summed E-state index contributed by atoms with van der Waals surface area (Å²) in [6, 6.07) is 9.56. The quantitative estimate of drug-likeness (QED) is 0.655. The zero-order valence-electron chi connectivity index (χ0n) is 12.8. The summed E-state index contributed by atoms with van der Waals surface area (Å²) in [6.07, 6.45) is 1.85. The third-order valence-corrected chi connectivity index (χ3v) is 3.90. The topological polar surface area (TPSA) is 71.2 Å². The van der Waals surface area contributed by atoms with Crippen LogP contribution in [-0.4, -0.2) is 28.9 Å². The second kappa shape index (κ2) is 6.54. The van der Waals surface area contributed by atoms with Gasteiger partial charge in [-0.05, 0) is 25.0 Å². The van der Waals surface area contributed by atoms with Crippen LogP contribution in [0, 0.1) is 0 Å². The molecule has 0 bridgehead atoms. The molecule has 0 saturated carbocycles. The average molecular weight is 286 g/mol. The van der Waals surface area contributed by atoms with E-state index in [0.29, 0.717) is 11.4 Å². The fourth-order valence-electron chi connectivity index (χ4n) is 2.59. The highest BCUT2D eigenvalue weighted by Gasteiger charge is 2.20. The average Bonchev–Trinajstić information content (AvgIpc) is 2.54. The molecule has 0 aliphatic heterocycles. The first-order valence-corrected chi connectivity index (χ1v) is 7.25. The van der Waals surface area contributed by atoms with Crippen molar-refractivity contribution in [3.05, 3.63) is 36.0 Å². The van der Waals surface area contributed by atoms with Crippen LogP contribution >= 0.6 is 0 Å². The molecule has 5 heteroatoms. The van der Waals surface area contributed by atoms with Crippen LogP contribution in [0.3, 0.4) is 0 Å². The van der Waals surface area contributed by atoms with Gasteiger partial charge in [-0.2, -0.15) is 0 Å². The number of nitrogens with one attached hydrogen (secondary N) is 1. The molecular weight excluding hydrogens is 264 g/mol. The van der Waals surface area contributed by atoms with E-state index in [0.717, 1.165) is 23.7 Å². The van der Waals surface area contributed by atoms with Gasteiger partial charge in [0.2, 0.25) is 0 Å². The molecule has 0 spiro atoms. The van der Waals surface area contributed by atoms with Gasteiger partial charge in [0.15, 0.2) is 0 Å². The van der Waals surface area contributed by atoms with Crippen LogP contribution in [0.2, 0.25) is 0 Å². The lowest BCUT2D eigenvalue weighted by Gasteiger charge is -2.26. The maximum absolute atomic E-state index is 12.6. The Kier molecular flexibility index (Phi) is 4.75. The molecule has 1 heterocycles. The molecular formula is C16H22N4O. The minimum atomic E-state index is -0.0778. The lowest BCUT2D eigenvalue weighted by molar-refractivity contribution is 0.0718. The van der Waals surface area contributed by atoms with Gasteiger partial charge in [0.1, 0.15) is 5.69 Å². The Morgan fingerprint density at radius 1 is 1.33 bits per heavy atom. The fourth-order valence-corrected chi connectivity index (χ4v) is 2.59. The number of amides is 1. The van der Waals surface area contributed by atoms with Crippen LogP contribution in [0.4, 0.5) is 5.69 Å². The van der Waals surface area contributed by atoms with Gasteiger partial charge in [-0.15, -0.1) is 0 Å². The van der Waals surface area contributed by atoms with E-state index in [-0.39, 0.29) is 11.9 Å². The number of hydrogen-bond acceptors (Lipinski definition) is 4. The van der Waals surface area contributed by atoms with Gasteiger partial charge < -0.3 is 10.3 Å². The monoisotopic (exact) mass is 286 g/mol. The number of aromatic nitrogens is 1. The number of anilines is 1. The Bertz CT molecular complexity index is 637. The van der Waals surface area contributed by atoms with Crippen molar-refractivity contribution in [2.45, 2.75) is 32.7 Å². The highest BCUT2D eigenvalue weighted by Crippen LogP contribution is 2.23. The first-order chi connectivity index (χ1) is 10.1. The van der Waals surface area contributed by atoms with Crippen LogP contribution in [-0.2, 0) is 0 Å². The van der Waals surface area contributed by atoms with Gasteiger partial charge >= 0.3 is 0 Å². The largest absolute Gasteiger partial charge is 0.337 e. The van der Waals surface area contributed by atoms with Crippen molar-refractivity contribution >= 4 is 22.5 Å². The zero-order valence-corrected chi connectivity index (χ0v) is 12.8. The van der Waals surface area contributed by atoms with Crippen molar-refractivity contribution in [3.63, 3.8) is 0 Å². The minimum absolute atomic E-state index is 0.0778. The number of para-hydroxylation sites is 1. The van der Waals surface area contributed by atoms with Crippen molar-refractivity contribution in [3.8, 4) is 0 Å². The highest BCUT2D eigenvalue weighted by atomic mass is 16.2. The maximum atomic E-state index is 12.6. The molecule has 112 valence electrons. The molecule has 2 rings (SSSR count). The highest BCUT2D eigenvalue weighted by molar-refractivity contribution is 5.99. The number of pyridine rings is 1. The number of benzene rings is 1. The smallest absolute Gasteiger partial charge is 0.272 e. The van der Waals surface area contributed by atoms with Gasteiger partial charge in [-0.1, -0.05) is 32.0 Å². The summed E-state index contributed by atoms with van der Waals surface area (Å²) in [5.74, 6) is 5.49. The Morgan fingerprint density at radius 2 is 2.00 bits per heavy atom. The van der Waals surface area contributed by atoms with Gasteiger partial charge in [-0.25, -0.2) is 4.98 Å². The first kappa shape index (κ1) is 15.3. The molecule has 0 unspecified atom stereocenters. The summed E-state index contributed by atoms with van der Waals surface area (Å²) in [7, 11) is 1.83. The molecule has 21 heavy (non-hydrogen) atoms. The molecule has 2 aromatic rings. The number of fused-ring (bicyclic) bond motifs is 1. The van der Waals surface area contributed by atoms with E-state index in [2.05, 4.69) is 24.3 Å². The van der Waals surface area contributed by atoms with Crippen molar-refractivity contribution in [1.29, 1.82) is 0 Å². The van der Waals surface area contributed by atoms with Crippen LogP contribution in [0.25, 0.3) is 10.9 Å². The number of nitrogens with two attached hydrogens (primary N) is 1. The second-order valence-corrected chi connectivity index (χ2v) is 5.10. The normalized spacial score (nSPS) is 10.9. The maximum Gasteiger partial charge on any atom is 0.272 e. The molecule has 0 aliphatic carbocycles. The third-order valence-electron chi connectivity index (χ3n) is 3.90. The van der Waals surface area contributed by atoms with Gasteiger partial charge in [0.05, 0.1) is 11.2 Å². The van der Waals surface area contributed by atoms with E-state index in [1.807, 2.05) is 31.3 Å². The Labute approximate surface area is 125 Å². The molecule has 0 fully saturated rings. The number of hydrazine groups is 1. The predicted octanol–water partition coefficient (Wildman–Crippen LogP) is 2.78. The fraction of sp³-hybridized carbons (Fsp3) is 0.375. The predicted molar refractivity (Wildman–Crippen MR) is 86.0 cm³/mol. The van der Waals surface area contributed by atoms with Crippen molar-refractivity contribution in [2.75, 3.05) is 12.5 Å². The third kappa shape index (κ3) is 2.97. The molecule has 5 nitrogen and oxygen atoms in total. The van der Waals surface area contributed by atoms with Crippen LogP contribution in [0.15, 0.2) is 30.3 Å². The van der Waals surface area contributed by atoms with E-state index < -0.39 is 0 Å². The summed E-state index contributed by atoms with van der Waals surface area (Å²) in [5.41, 5.74) is 4.53. The molecule has 3 N–H and O–H groups in total. The van der Waals surface area contributed by atoms with E-state index in [1.54, 1.807) is 11.0 Å². The number of rotatable bonds is 5. The lowest BCUT2D eigenvalue weighted by atomic mass is 10.1. The van der Waals surface area contributed by atoms with E-state index in [4.69, 9.17) is 5.84 Å². The van der Waals surface area contributed by atoms with E-state index in [1.165, 1.54) is 0 Å². The molecule has 1 aromatic carbocycles. The van der Waals surface area contributed by atoms with Crippen LogP contribution in [0.1, 0.15) is 37.2 Å². The standard InChI is InChI=1S/C16H22N4O/c1-4-11(5-2)20(3)16(21)15-10-14(19-17)12-8-6-7-9-13(12)18-15/h6-11H,4-5,17H2,1-3H3,(H,18,19). The number of hydrogen-bond donors (Lipinski definition) is 2. The molecule has 1 aromatic heterocycles. The molecule has 0 aliphatic rings. The van der Waals surface area contributed by atoms with Gasteiger partial charge in [0.25, 0.3) is 5.91 Å². The van der Waals surface area contributed by atoms with E-state index in [9.17, 15) is 4.79 Å². The molecule has 1 amide bonds. The minimum Gasteiger partial charge on any atom is -0.337 e. The Morgan fingerprint density at radius 3 is 2.62 bits per heavy atom. The van der Waals surface area contributed by atoms with E-state index >= 15 is 0 Å². The molecule has 0 atom stereocenters. The van der Waals surface area contributed by atoms with Crippen molar-refractivity contribution < 1.29 is 4.79 Å². The van der Waals surface area contributed by atoms with Crippen LogP contribution < -0.4 is 11.3 Å². The number of nitrogens with zero attached hydrogens (tertiary/aromatic N) is 2. The summed E-state index contributed by atoms with van der Waals surface area (Å²) in [6.45, 7) is 4.16. The zero-order chi connectivity index (χ0) is 15.4. The number of carbonyl (C=O) groups excluding carboxylic acids is 1. The second-order valence-electron chi connectivity index (χ2n) is 5.10. The van der Waals surface area contributed by atoms with Crippen molar-refractivity contribution in [2.24, 2.45) is 5.84 Å². The molecule has 0 saturated heterocycles. The Hall–Kier alpha value is -2.14. The first-order valence-electron chi connectivity index (χ1n) is 7.25. The van der Waals surface area contributed by atoms with Crippen LogP contribution in [0.5, 0.6) is 0 Å². The SMILES string of the molecule is CCC(CC)N(C)C(=O)c1cc(NN)c2ccccc2n1. The van der Waals surface area contributed by atoms with Gasteiger partial charge in [-0.3, -0.25) is 10.6 Å². The van der Waals surface area contributed by atoms with Crippen molar-refractivity contribution in [1.82, 2.24) is 9.88 Å².